The summed E-state index contributed by atoms with van der Waals surface area (Å²) in [6, 6.07) is 0. The quantitative estimate of drug-likeness (QED) is 0.493. The van der Waals surface area contributed by atoms with Crippen molar-refractivity contribution in [2.45, 2.75) is 38.5 Å². The van der Waals surface area contributed by atoms with Gasteiger partial charge in [0.15, 0.2) is 0 Å². The molecule has 0 atom stereocenters. The third-order valence-corrected chi connectivity index (χ3v) is 1.99. The first-order valence-electron chi connectivity index (χ1n) is 4.65. The summed E-state index contributed by atoms with van der Waals surface area (Å²) >= 11 is 0. The zero-order valence-electron chi connectivity index (χ0n) is 7.13. The number of hydrogen-bond acceptors (Lipinski definition) is 0. The van der Waals surface area contributed by atoms with E-state index < -0.39 is 0 Å². The summed E-state index contributed by atoms with van der Waals surface area (Å²) in [6.07, 6.45) is 19.0. The van der Waals surface area contributed by atoms with E-state index in [1.165, 1.54) is 38.5 Å². The molecular weight excluding hydrogens is 132 g/mol. The highest BCUT2D eigenvalue weighted by atomic mass is 13.9. The van der Waals surface area contributed by atoms with Crippen molar-refractivity contribution in [1.82, 2.24) is 0 Å². The van der Waals surface area contributed by atoms with Crippen molar-refractivity contribution in [3.8, 4) is 0 Å². The molecule has 0 saturated carbocycles. The van der Waals surface area contributed by atoms with Gasteiger partial charge in [0.05, 0.1) is 0 Å². The van der Waals surface area contributed by atoms with Crippen molar-refractivity contribution in [2.75, 3.05) is 0 Å². The molecule has 0 aliphatic heterocycles. The highest BCUT2D eigenvalue weighted by molar-refractivity contribution is 5.08. The van der Waals surface area contributed by atoms with Gasteiger partial charge in [-0.25, -0.2) is 0 Å². The van der Waals surface area contributed by atoms with Gasteiger partial charge in [-0.15, -0.1) is 0 Å². The fourth-order valence-electron chi connectivity index (χ4n) is 1.29. The molecule has 0 unspecified atom stereocenters. The van der Waals surface area contributed by atoms with E-state index in [0.717, 1.165) is 0 Å². The summed E-state index contributed by atoms with van der Waals surface area (Å²) < 4.78 is 0. The minimum Gasteiger partial charge on any atom is -0.0879 e. The number of allylic oxidation sites excluding steroid dienone is 4. The zero-order chi connectivity index (χ0) is 7.78. The molecule has 0 spiro atoms. The largest absolute Gasteiger partial charge is 0.0879 e. The molecule has 0 nitrogen and oxygen atoms in total. The Bertz CT molecular complexity index is 115. The Balaban J connectivity index is 2.22. The van der Waals surface area contributed by atoms with Gasteiger partial charge in [-0.1, -0.05) is 37.1 Å². The maximum atomic E-state index is 2.26. The molecule has 0 heterocycles. The molecule has 0 aromatic rings. The lowest BCUT2D eigenvalue weighted by Crippen LogP contribution is -1.75. The van der Waals surface area contributed by atoms with E-state index in [4.69, 9.17) is 0 Å². The summed E-state index contributed by atoms with van der Waals surface area (Å²) in [5, 5.41) is 0. The van der Waals surface area contributed by atoms with Crippen LogP contribution in [0, 0.1) is 6.42 Å². The molecule has 11 heavy (non-hydrogen) atoms. The molecule has 0 fully saturated rings. The molecule has 0 N–H and O–H groups in total. The maximum Gasteiger partial charge on any atom is 0.00441 e. The van der Waals surface area contributed by atoms with E-state index in [0.29, 0.717) is 0 Å². The Morgan fingerprint density at radius 1 is 0.636 bits per heavy atom. The van der Waals surface area contributed by atoms with Crippen LogP contribution in [0.4, 0.5) is 0 Å². The number of rotatable bonds is 0. The molecule has 0 aromatic heterocycles. The minimum absolute atomic E-state index is 1.25. The molecule has 1 rings (SSSR count). The smallest absolute Gasteiger partial charge is 0.00441 e. The van der Waals surface area contributed by atoms with Crippen molar-refractivity contribution in [1.29, 1.82) is 0 Å². The first-order valence-corrected chi connectivity index (χ1v) is 4.65. The van der Waals surface area contributed by atoms with Crippen molar-refractivity contribution in [3.63, 3.8) is 0 Å². The van der Waals surface area contributed by atoms with Gasteiger partial charge >= 0.3 is 0 Å². The van der Waals surface area contributed by atoms with Gasteiger partial charge < -0.3 is 0 Å². The van der Waals surface area contributed by atoms with Gasteiger partial charge in [-0.3, -0.25) is 0 Å². The third-order valence-electron chi connectivity index (χ3n) is 1.99. The number of hydrogen-bond donors (Lipinski definition) is 0. The average molecular weight is 149 g/mol. The van der Waals surface area contributed by atoms with Crippen LogP contribution in [0.1, 0.15) is 38.5 Å². The van der Waals surface area contributed by atoms with Gasteiger partial charge in [0.25, 0.3) is 0 Å². The van der Waals surface area contributed by atoms with Gasteiger partial charge in [0.2, 0.25) is 0 Å². The first kappa shape index (κ1) is 8.58. The molecule has 61 valence electrons. The normalized spacial score (nSPS) is 26.9. The van der Waals surface area contributed by atoms with Crippen molar-refractivity contribution in [3.05, 3.63) is 30.7 Å². The van der Waals surface area contributed by atoms with E-state index in [-0.39, 0.29) is 0 Å². The first-order chi connectivity index (χ1) is 5.50. The third kappa shape index (κ3) is 4.83. The standard InChI is InChI=1S/C11H17/c1-2-4-6-8-10-11-9-7-5-3-1/h1-5H,6-11H2/b4-2-,5-3-. The van der Waals surface area contributed by atoms with E-state index in [1.807, 2.05) is 0 Å². The van der Waals surface area contributed by atoms with Crippen LogP contribution in [-0.4, -0.2) is 0 Å². The van der Waals surface area contributed by atoms with E-state index in [1.54, 1.807) is 0 Å². The summed E-state index contributed by atoms with van der Waals surface area (Å²) in [4.78, 5) is 0. The van der Waals surface area contributed by atoms with Crippen LogP contribution < -0.4 is 0 Å². The predicted octanol–water partition coefficient (Wildman–Crippen LogP) is 3.66. The van der Waals surface area contributed by atoms with Crippen LogP contribution in [0.5, 0.6) is 0 Å². The van der Waals surface area contributed by atoms with Crippen LogP contribution in [0.3, 0.4) is 0 Å². The molecule has 0 bridgehead atoms. The molecule has 1 radical (unpaired) electrons. The Morgan fingerprint density at radius 3 is 1.73 bits per heavy atom. The van der Waals surface area contributed by atoms with E-state index >= 15 is 0 Å². The topological polar surface area (TPSA) is 0 Å². The maximum absolute atomic E-state index is 2.26. The van der Waals surface area contributed by atoms with Crippen LogP contribution in [0.15, 0.2) is 24.3 Å². The Labute approximate surface area is 70.0 Å². The Morgan fingerprint density at radius 2 is 1.18 bits per heavy atom. The molecule has 0 saturated heterocycles. The highest BCUT2D eigenvalue weighted by Gasteiger charge is 1.88. The van der Waals surface area contributed by atoms with E-state index in [2.05, 4.69) is 30.7 Å². The fourth-order valence-corrected chi connectivity index (χ4v) is 1.29. The second kappa shape index (κ2) is 6.21. The van der Waals surface area contributed by atoms with Crippen molar-refractivity contribution < 1.29 is 0 Å². The molecular formula is C11H17. The van der Waals surface area contributed by atoms with Crippen molar-refractivity contribution >= 4 is 0 Å². The van der Waals surface area contributed by atoms with Gasteiger partial charge in [-0.05, 0) is 25.7 Å². The summed E-state index contributed by atoms with van der Waals surface area (Å²) in [5.41, 5.74) is 0. The SMILES string of the molecule is [CH]1/C=C\CCCCCC/C=C\1. The second-order valence-electron chi connectivity index (χ2n) is 3.04. The minimum atomic E-state index is 1.25. The Hall–Kier alpha value is -0.520. The van der Waals surface area contributed by atoms with Crippen LogP contribution in [-0.2, 0) is 0 Å². The molecule has 0 heteroatoms. The molecule has 0 aromatic carbocycles. The highest BCUT2D eigenvalue weighted by Crippen LogP contribution is 2.07. The van der Waals surface area contributed by atoms with Crippen LogP contribution in [0.2, 0.25) is 0 Å². The molecule has 1 aliphatic rings. The summed E-state index contributed by atoms with van der Waals surface area (Å²) in [6.45, 7) is 0. The summed E-state index contributed by atoms with van der Waals surface area (Å²) in [5.74, 6) is 0. The molecule has 0 amide bonds. The monoisotopic (exact) mass is 149 g/mol. The van der Waals surface area contributed by atoms with Crippen molar-refractivity contribution in [2.24, 2.45) is 0 Å². The lowest BCUT2D eigenvalue weighted by molar-refractivity contribution is 0.653. The Kier molecular flexibility index (Phi) is 4.84. The van der Waals surface area contributed by atoms with E-state index in [9.17, 15) is 0 Å². The fraction of sp³-hybridized carbons (Fsp3) is 0.545. The second-order valence-corrected chi connectivity index (χ2v) is 3.04. The average Bonchev–Trinajstić information content (AvgIpc) is 2.08. The van der Waals surface area contributed by atoms with Gasteiger partial charge in [-0.2, -0.15) is 0 Å². The summed E-state index contributed by atoms with van der Waals surface area (Å²) in [7, 11) is 0. The van der Waals surface area contributed by atoms with Gasteiger partial charge in [0.1, 0.15) is 0 Å². The van der Waals surface area contributed by atoms with Gasteiger partial charge in [0, 0.05) is 6.42 Å². The molecule has 1 aliphatic carbocycles. The lowest BCUT2D eigenvalue weighted by Gasteiger charge is -1.95. The van der Waals surface area contributed by atoms with Crippen LogP contribution >= 0.6 is 0 Å². The van der Waals surface area contributed by atoms with Crippen LogP contribution in [0.25, 0.3) is 0 Å². The predicted molar refractivity (Wildman–Crippen MR) is 50.3 cm³/mol. The zero-order valence-corrected chi connectivity index (χ0v) is 7.13. The lowest BCUT2D eigenvalue weighted by atomic mass is 10.1.